The number of hydrogen-bond acceptors (Lipinski definition) is 4. The van der Waals surface area contributed by atoms with E-state index in [4.69, 9.17) is 0 Å². The molecule has 7 heteroatoms. The summed E-state index contributed by atoms with van der Waals surface area (Å²) in [6, 6.07) is 12.0. The molecule has 2 aliphatic heterocycles. The Hall–Kier alpha value is -3.06. The third-order valence-corrected chi connectivity index (χ3v) is 6.29. The van der Waals surface area contributed by atoms with E-state index >= 15 is 0 Å². The summed E-state index contributed by atoms with van der Waals surface area (Å²) in [6.45, 7) is 5.72. The van der Waals surface area contributed by atoms with Gasteiger partial charge < -0.3 is 5.11 Å². The standard InChI is InChI=1S/C24H25FN2O4/c1-13(2)12-24(23(30)31)19-18(20(26-24)15-6-4-14(3)5-7-15)21(28)27(22(19)29)17-10-8-16(25)9-11-17/h4-11,13,18-20,26H,12H2,1-3H3,(H,30,31). The van der Waals surface area contributed by atoms with Crippen LogP contribution in [0, 0.1) is 30.5 Å². The monoisotopic (exact) mass is 424 g/mol. The van der Waals surface area contributed by atoms with Gasteiger partial charge in [-0.3, -0.25) is 19.7 Å². The van der Waals surface area contributed by atoms with Crippen LogP contribution in [-0.2, 0) is 14.4 Å². The average molecular weight is 424 g/mol. The summed E-state index contributed by atoms with van der Waals surface area (Å²) in [5.41, 5.74) is 0.467. The number of carboxylic acids is 1. The van der Waals surface area contributed by atoms with E-state index in [1.807, 2.05) is 45.0 Å². The number of halogens is 1. The van der Waals surface area contributed by atoms with Crippen molar-refractivity contribution in [2.45, 2.75) is 38.8 Å². The van der Waals surface area contributed by atoms with E-state index in [0.29, 0.717) is 0 Å². The number of rotatable bonds is 5. The molecule has 31 heavy (non-hydrogen) atoms. The van der Waals surface area contributed by atoms with E-state index in [0.717, 1.165) is 16.0 Å². The molecule has 0 bridgehead atoms. The number of aliphatic carboxylic acids is 1. The third kappa shape index (κ3) is 3.33. The number of hydrogen-bond donors (Lipinski definition) is 2. The van der Waals surface area contributed by atoms with E-state index in [-0.39, 0.29) is 18.0 Å². The zero-order valence-electron chi connectivity index (χ0n) is 17.6. The number of carboxylic acid groups (broad SMARTS) is 1. The molecule has 2 aromatic carbocycles. The Labute approximate surface area is 180 Å². The molecule has 4 unspecified atom stereocenters. The first-order valence-corrected chi connectivity index (χ1v) is 10.4. The second-order valence-electron chi connectivity index (χ2n) is 8.90. The van der Waals surface area contributed by atoms with Crippen LogP contribution in [0.1, 0.15) is 37.4 Å². The first-order valence-electron chi connectivity index (χ1n) is 10.4. The summed E-state index contributed by atoms with van der Waals surface area (Å²) in [7, 11) is 0. The fourth-order valence-electron chi connectivity index (χ4n) is 5.02. The van der Waals surface area contributed by atoms with Crippen molar-refractivity contribution in [2.24, 2.45) is 17.8 Å². The highest BCUT2D eigenvalue weighted by molar-refractivity contribution is 6.24. The van der Waals surface area contributed by atoms with Crippen LogP contribution in [0.2, 0.25) is 0 Å². The van der Waals surface area contributed by atoms with Gasteiger partial charge in [-0.25, -0.2) is 9.29 Å². The summed E-state index contributed by atoms with van der Waals surface area (Å²) < 4.78 is 13.4. The number of carbonyl (C=O) groups excluding carboxylic acids is 2. The number of nitrogens with zero attached hydrogens (tertiary/aromatic N) is 1. The van der Waals surface area contributed by atoms with E-state index in [1.165, 1.54) is 24.3 Å². The largest absolute Gasteiger partial charge is 0.480 e. The molecule has 0 saturated carbocycles. The van der Waals surface area contributed by atoms with Gasteiger partial charge in [-0.05, 0) is 49.1 Å². The van der Waals surface area contributed by atoms with Crippen LogP contribution in [-0.4, -0.2) is 28.4 Å². The second-order valence-corrected chi connectivity index (χ2v) is 8.90. The van der Waals surface area contributed by atoms with Crippen LogP contribution in [0.3, 0.4) is 0 Å². The smallest absolute Gasteiger partial charge is 0.324 e. The van der Waals surface area contributed by atoms with E-state index in [2.05, 4.69) is 5.32 Å². The molecule has 2 saturated heterocycles. The topological polar surface area (TPSA) is 86.7 Å². The summed E-state index contributed by atoms with van der Waals surface area (Å²) >= 11 is 0. The maximum atomic E-state index is 13.5. The number of benzene rings is 2. The summed E-state index contributed by atoms with van der Waals surface area (Å²) in [4.78, 5) is 40.6. The lowest BCUT2D eigenvalue weighted by atomic mass is 9.75. The van der Waals surface area contributed by atoms with Gasteiger partial charge in [-0.15, -0.1) is 0 Å². The molecule has 2 amide bonds. The van der Waals surface area contributed by atoms with Gasteiger partial charge in [0.1, 0.15) is 11.4 Å². The quantitative estimate of drug-likeness (QED) is 0.718. The van der Waals surface area contributed by atoms with E-state index in [1.54, 1.807) is 0 Å². The molecule has 2 aliphatic rings. The lowest BCUT2D eigenvalue weighted by Gasteiger charge is -2.32. The molecule has 2 heterocycles. The molecule has 2 aromatic rings. The predicted molar refractivity (Wildman–Crippen MR) is 113 cm³/mol. The Morgan fingerprint density at radius 1 is 1.10 bits per heavy atom. The highest BCUT2D eigenvalue weighted by atomic mass is 19.1. The maximum absolute atomic E-state index is 13.5. The number of nitrogens with one attached hydrogen (secondary N) is 1. The van der Waals surface area contributed by atoms with Crippen molar-refractivity contribution < 1.29 is 23.9 Å². The van der Waals surface area contributed by atoms with Crippen LogP contribution < -0.4 is 10.2 Å². The normalized spacial score (nSPS) is 27.8. The number of fused-ring (bicyclic) bond motifs is 1. The van der Waals surface area contributed by atoms with E-state index in [9.17, 15) is 23.9 Å². The Morgan fingerprint density at radius 2 is 1.71 bits per heavy atom. The van der Waals surface area contributed by atoms with Crippen molar-refractivity contribution in [3.05, 3.63) is 65.5 Å². The van der Waals surface area contributed by atoms with Crippen LogP contribution in [0.25, 0.3) is 0 Å². The van der Waals surface area contributed by atoms with Crippen LogP contribution >= 0.6 is 0 Å². The van der Waals surface area contributed by atoms with Crippen molar-refractivity contribution in [2.75, 3.05) is 4.90 Å². The molecule has 4 rings (SSSR count). The lowest BCUT2D eigenvalue weighted by molar-refractivity contribution is -0.149. The molecule has 0 aliphatic carbocycles. The molecule has 0 spiro atoms. The first kappa shape index (κ1) is 21.2. The molecule has 0 radical (unpaired) electrons. The SMILES string of the molecule is Cc1ccc(C2NC(CC(C)C)(C(=O)O)C3C(=O)N(c4ccc(F)cc4)C(=O)C23)cc1. The summed E-state index contributed by atoms with van der Waals surface area (Å²) in [5, 5.41) is 13.5. The molecular weight excluding hydrogens is 399 g/mol. The lowest BCUT2D eigenvalue weighted by Crippen LogP contribution is -2.56. The van der Waals surface area contributed by atoms with Gasteiger partial charge in [-0.1, -0.05) is 43.7 Å². The second kappa shape index (κ2) is 7.57. The van der Waals surface area contributed by atoms with Crippen LogP contribution in [0.5, 0.6) is 0 Å². The zero-order valence-corrected chi connectivity index (χ0v) is 17.6. The number of aryl methyl sites for hydroxylation is 1. The minimum absolute atomic E-state index is 0.0243. The number of amides is 2. The molecule has 6 nitrogen and oxygen atoms in total. The minimum atomic E-state index is -1.57. The highest BCUT2D eigenvalue weighted by Crippen LogP contribution is 2.51. The van der Waals surface area contributed by atoms with Gasteiger partial charge >= 0.3 is 5.97 Å². The fourth-order valence-corrected chi connectivity index (χ4v) is 5.02. The minimum Gasteiger partial charge on any atom is -0.480 e. The Kier molecular flexibility index (Phi) is 5.17. The maximum Gasteiger partial charge on any atom is 0.324 e. The Bertz CT molecular complexity index is 1030. The molecule has 162 valence electrons. The summed E-state index contributed by atoms with van der Waals surface area (Å²) in [5.74, 6) is -4.61. The average Bonchev–Trinajstić information content (AvgIpc) is 3.18. The van der Waals surface area contributed by atoms with Gasteiger partial charge in [0.2, 0.25) is 11.8 Å². The molecule has 2 N–H and O–H groups in total. The number of anilines is 1. The molecule has 0 aromatic heterocycles. The van der Waals surface area contributed by atoms with Crippen LogP contribution in [0.15, 0.2) is 48.5 Å². The van der Waals surface area contributed by atoms with Crippen molar-refractivity contribution in [3.8, 4) is 0 Å². The van der Waals surface area contributed by atoms with Crippen molar-refractivity contribution in [1.29, 1.82) is 0 Å². The van der Waals surface area contributed by atoms with Crippen molar-refractivity contribution >= 4 is 23.5 Å². The summed E-state index contributed by atoms with van der Waals surface area (Å²) in [6.07, 6.45) is 0.197. The Morgan fingerprint density at radius 3 is 2.26 bits per heavy atom. The first-order chi connectivity index (χ1) is 14.7. The Balaban J connectivity index is 1.85. The van der Waals surface area contributed by atoms with Gasteiger partial charge in [0.15, 0.2) is 0 Å². The highest BCUT2D eigenvalue weighted by Gasteiger charge is 2.68. The van der Waals surface area contributed by atoms with Gasteiger partial charge in [-0.2, -0.15) is 0 Å². The third-order valence-electron chi connectivity index (χ3n) is 6.29. The molecular formula is C24H25FN2O4. The van der Waals surface area contributed by atoms with Gasteiger partial charge in [0, 0.05) is 6.04 Å². The van der Waals surface area contributed by atoms with Gasteiger partial charge in [0.05, 0.1) is 17.5 Å². The van der Waals surface area contributed by atoms with Crippen molar-refractivity contribution in [3.63, 3.8) is 0 Å². The number of carbonyl (C=O) groups is 3. The number of imide groups is 1. The van der Waals surface area contributed by atoms with E-state index < -0.39 is 47.0 Å². The predicted octanol–water partition coefficient (Wildman–Crippen LogP) is 3.45. The molecule has 4 atom stereocenters. The zero-order chi connectivity index (χ0) is 22.5. The molecule has 2 fully saturated rings. The fraction of sp³-hybridized carbons (Fsp3) is 0.375. The van der Waals surface area contributed by atoms with Gasteiger partial charge in [0.25, 0.3) is 0 Å². The van der Waals surface area contributed by atoms with Crippen molar-refractivity contribution in [1.82, 2.24) is 5.32 Å². The van der Waals surface area contributed by atoms with Crippen LogP contribution in [0.4, 0.5) is 10.1 Å².